The summed E-state index contributed by atoms with van der Waals surface area (Å²) >= 11 is 0. The van der Waals surface area contributed by atoms with Gasteiger partial charge in [-0.3, -0.25) is 9.69 Å². The van der Waals surface area contributed by atoms with Crippen molar-refractivity contribution in [1.29, 1.82) is 0 Å². The molecule has 12 heteroatoms. The van der Waals surface area contributed by atoms with Gasteiger partial charge in [0.15, 0.2) is 11.4 Å². The van der Waals surface area contributed by atoms with Gasteiger partial charge in [-0.25, -0.2) is 4.79 Å². The van der Waals surface area contributed by atoms with Gasteiger partial charge in [-0.15, -0.1) is 10.2 Å². The number of hydrogen-bond acceptors (Lipinski definition) is 5. The molecule has 0 radical (unpaired) electrons. The molecule has 3 aromatic rings. The lowest BCUT2D eigenvalue weighted by atomic mass is 9.77. The van der Waals surface area contributed by atoms with Gasteiger partial charge >= 0.3 is 12.3 Å². The molecule has 1 N–H and O–H groups in total. The molecule has 2 aliphatic heterocycles. The number of halogens is 3. The van der Waals surface area contributed by atoms with E-state index < -0.39 is 34.9 Å². The van der Waals surface area contributed by atoms with Crippen LogP contribution in [0.5, 0.6) is 0 Å². The average molecular weight is 570 g/mol. The van der Waals surface area contributed by atoms with E-state index in [0.29, 0.717) is 30.8 Å². The van der Waals surface area contributed by atoms with Crippen molar-refractivity contribution in [3.63, 3.8) is 0 Å². The highest BCUT2D eigenvalue weighted by atomic mass is 19.4. The third kappa shape index (κ3) is 4.35. The minimum atomic E-state index is -4.72. The molecule has 0 unspecified atom stereocenters. The van der Waals surface area contributed by atoms with Crippen molar-refractivity contribution in [3.8, 4) is 0 Å². The van der Waals surface area contributed by atoms with Gasteiger partial charge in [0.25, 0.3) is 5.91 Å². The molecule has 0 bridgehead atoms. The Balaban J connectivity index is 1.37. The quantitative estimate of drug-likeness (QED) is 0.423. The van der Waals surface area contributed by atoms with Crippen LogP contribution in [-0.4, -0.2) is 48.4 Å². The zero-order valence-electron chi connectivity index (χ0n) is 22.9. The first kappa shape index (κ1) is 27.3. The molecule has 3 aliphatic rings. The van der Waals surface area contributed by atoms with E-state index in [2.05, 4.69) is 10.2 Å². The predicted molar refractivity (Wildman–Crippen MR) is 141 cm³/mol. The molecular weight excluding hydrogens is 539 g/mol. The number of carbonyl (C=O) groups is 2. The van der Waals surface area contributed by atoms with E-state index in [1.165, 1.54) is 15.9 Å². The topological polar surface area (TPSA) is 101 Å². The molecule has 1 aliphatic carbocycles. The predicted octanol–water partition coefficient (Wildman–Crippen LogP) is 5.47. The lowest BCUT2D eigenvalue weighted by Gasteiger charge is -2.46. The monoisotopic (exact) mass is 569 g/mol. The Kier molecular flexibility index (Phi) is 6.18. The zero-order valence-corrected chi connectivity index (χ0v) is 22.9. The molecule has 9 nitrogen and oxygen atoms in total. The first-order valence-electron chi connectivity index (χ1n) is 13.5. The van der Waals surface area contributed by atoms with Crippen molar-refractivity contribution in [3.05, 3.63) is 76.4 Å². The lowest BCUT2D eigenvalue weighted by Crippen LogP contribution is -2.53. The van der Waals surface area contributed by atoms with Crippen molar-refractivity contribution < 1.29 is 32.6 Å². The number of amides is 2. The van der Waals surface area contributed by atoms with Crippen molar-refractivity contribution in [1.82, 2.24) is 19.7 Å². The Labute approximate surface area is 234 Å². The molecule has 41 heavy (non-hydrogen) atoms. The van der Waals surface area contributed by atoms with Gasteiger partial charge in [0.2, 0.25) is 0 Å². The normalized spacial score (nSPS) is 23.1. The summed E-state index contributed by atoms with van der Waals surface area (Å²) < 4.78 is 50.9. The van der Waals surface area contributed by atoms with Gasteiger partial charge in [-0.1, -0.05) is 12.1 Å². The van der Waals surface area contributed by atoms with Crippen LogP contribution in [0.3, 0.4) is 0 Å². The Morgan fingerprint density at radius 2 is 1.98 bits per heavy atom. The summed E-state index contributed by atoms with van der Waals surface area (Å²) in [6.45, 7) is 3.23. The second-order valence-corrected chi connectivity index (χ2v) is 11.6. The van der Waals surface area contributed by atoms with Crippen LogP contribution in [0.25, 0.3) is 0 Å². The highest BCUT2D eigenvalue weighted by Crippen LogP contribution is 2.48. The third-order valence-electron chi connectivity index (χ3n) is 8.73. The van der Waals surface area contributed by atoms with E-state index in [9.17, 15) is 27.9 Å². The molecule has 2 aromatic carbocycles. The number of aromatic nitrogens is 3. The molecule has 1 aromatic heterocycles. The summed E-state index contributed by atoms with van der Waals surface area (Å²) in [6.07, 6.45) is -1.64. The Hall–Kier alpha value is -3.93. The Bertz CT molecular complexity index is 1540. The summed E-state index contributed by atoms with van der Waals surface area (Å²) in [5, 5.41) is 18.0. The first-order valence-corrected chi connectivity index (χ1v) is 13.5. The fraction of sp³-hybridized carbons (Fsp3) is 0.448. The number of nitrogens with zero attached hydrogens (tertiary/aromatic N) is 5. The second-order valence-electron chi connectivity index (χ2n) is 11.6. The van der Waals surface area contributed by atoms with E-state index in [4.69, 9.17) is 4.74 Å². The molecule has 1 saturated carbocycles. The van der Waals surface area contributed by atoms with Crippen LogP contribution in [0.1, 0.15) is 78.0 Å². The summed E-state index contributed by atoms with van der Waals surface area (Å²) in [7, 11) is 1.81. The number of fused-ring (bicyclic) bond motifs is 1. The summed E-state index contributed by atoms with van der Waals surface area (Å²) in [4.78, 5) is 28.2. The third-order valence-corrected chi connectivity index (χ3v) is 8.73. The average Bonchev–Trinajstić information content (AvgIpc) is 3.46. The number of alkyl halides is 3. The van der Waals surface area contributed by atoms with Crippen LogP contribution >= 0.6 is 0 Å². The molecule has 2 amide bonds. The van der Waals surface area contributed by atoms with Gasteiger partial charge in [0, 0.05) is 36.8 Å². The number of rotatable bonds is 6. The van der Waals surface area contributed by atoms with E-state index in [0.717, 1.165) is 18.1 Å². The SMILES string of the molecule is C[C@@H]1C[C@@](c2cccc(N3Cc4c(cc(CN(C(=O)O)C5(C)CCC5)cc4C(F)(F)F)C3=O)c2)(c2nncn2C)O1. The Morgan fingerprint density at radius 1 is 1.24 bits per heavy atom. The lowest BCUT2D eigenvalue weighted by molar-refractivity contribution is -0.184. The number of benzene rings is 2. The van der Waals surface area contributed by atoms with Gasteiger partial charge in [0.1, 0.15) is 6.33 Å². The van der Waals surface area contributed by atoms with Gasteiger partial charge in [-0.05, 0) is 74.1 Å². The van der Waals surface area contributed by atoms with Crippen LogP contribution in [0, 0.1) is 0 Å². The molecular formula is C29H30F3N5O4. The molecule has 0 spiro atoms. The molecule has 3 heterocycles. The van der Waals surface area contributed by atoms with Crippen molar-refractivity contribution in [2.24, 2.45) is 7.05 Å². The number of carboxylic acid groups (broad SMARTS) is 1. The number of hydrogen-bond donors (Lipinski definition) is 1. The van der Waals surface area contributed by atoms with E-state index >= 15 is 0 Å². The number of ether oxygens (including phenoxy) is 1. The number of anilines is 1. The molecule has 1 saturated heterocycles. The van der Waals surface area contributed by atoms with E-state index in [1.54, 1.807) is 43.1 Å². The summed E-state index contributed by atoms with van der Waals surface area (Å²) in [5.41, 5.74) is -1.36. The number of aryl methyl sites for hydroxylation is 1. The fourth-order valence-electron chi connectivity index (χ4n) is 6.42. The van der Waals surface area contributed by atoms with Gasteiger partial charge in [0.05, 0.1) is 18.2 Å². The fourth-order valence-corrected chi connectivity index (χ4v) is 6.42. The highest BCUT2D eigenvalue weighted by Gasteiger charge is 2.50. The van der Waals surface area contributed by atoms with E-state index in [-0.39, 0.29) is 35.9 Å². The smallest absolute Gasteiger partial charge is 0.416 e. The van der Waals surface area contributed by atoms with Crippen molar-refractivity contribution in [2.45, 2.75) is 76.0 Å². The summed E-state index contributed by atoms with van der Waals surface area (Å²) in [6, 6.07) is 9.41. The first-order chi connectivity index (χ1) is 19.3. The summed E-state index contributed by atoms with van der Waals surface area (Å²) in [5.74, 6) is 0.0211. The largest absolute Gasteiger partial charge is 0.465 e. The minimum Gasteiger partial charge on any atom is -0.465 e. The van der Waals surface area contributed by atoms with Gasteiger partial charge < -0.3 is 19.3 Å². The second kappa shape index (κ2) is 9.30. The van der Waals surface area contributed by atoms with Crippen molar-refractivity contribution >= 4 is 17.7 Å². The molecule has 2 fully saturated rings. The minimum absolute atomic E-state index is 0.0339. The van der Waals surface area contributed by atoms with E-state index in [1.807, 2.05) is 13.0 Å². The number of carbonyl (C=O) groups excluding carboxylic acids is 1. The maximum atomic E-state index is 14.3. The van der Waals surface area contributed by atoms with Crippen LogP contribution in [0.4, 0.5) is 23.7 Å². The van der Waals surface area contributed by atoms with Crippen LogP contribution in [0.2, 0.25) is 0 Å². The van der Waals surface area contributed by atoms with Crippen LogP contribution in [0.15, 0.2) is 42.7 Å². The molecule has 2 atom stereocenters. The van der Waals surface area contributed by atoms with Crippen molar-refractivity contribution in [2.75, 3.05) is 4.90 Å². The van der Waals surface area contributed by atoms with Crippen LogP contribution < -0.4 is 4.90 Å². The van der Waals surface area contributed by atoms with Crippen LogP contribution in [-0.2, 0) is 36.7 Å². The Morgan fingerprint density at radius 3 is 2.54 bits per heavy atom. The van der Waals surface area contributed by atoms with Gasteiger partial charge in [-0.2, -0.15) is 13.2 Å². The standard InChI is InChI=1S/C29H30F3N5O4/c1-17-13-28(41-17,25-34-33-16-35(25)3)19-6-4-7-20(12-19)36-15-22-21(24(36)38)10-18(11-23(22)29(30,31)32)14-37(26(39)40)27(2)8-5-9-27/h4,6-7,10-12,16-17H,5,8-9,13-15H2,1-3H3,(H,39,40)/t17-,28-/m1/s1. The maximum Gasteiger partial charge on any atom is 0.416 e. The molecule has 216 valence electrons. The molecule has 6 rings (SSSR count). The highest BCUT2D eigenvalue weighted by molar-refractivity contribution is 6.10. The maximum absolute atomic E-state index is 14.3. The zero-order chi connectivity index (χ0) is 29.3.